The lowest BCUT2D eigenvalue weighted by Gasteiger charge is -2.28. The van der Waals surface area contributed by atoms with Gasteiger partial charge in [-0.1, -0.05) is 146 Å². The van der Waals surface area contributed by atoms with E-state index in [0.29, 0.717) is 0 Å². The van der Waals surface area contributed by atoms with Crippen LogP contribution in [0.4, 0.5) is 0 Å². The van der Waals surface area contributed by atoms with Gasteiger partial charge in [-0.25, -0.2) is 0 Å². The average Bonchev–Trinajstić information content (AvgIpc) is 3.40. The predicted molar refractivity (Wildman–Crippen MR) is 205 cm³/mol. The Morgan fingerprint density at radius 3 is 1.94 bits per heavy atom. The van der Waals surface area contributed by atoms with Crippen molar-refractivity contribution in [2.75, 3.05) is 0 Å². The fourth-order valence-corrected chi connectivity index (χ4v) is 8.48. The minimum Gasteiger partial charge on any atom is -0.0622 e. The molecule has 9 aromatic carbocycles. The van der Waals surface area contributed by atoms with E-state index in [9.17, 15) is 0 Å². The van der Waals surface area contributed by atoms with Gasteiger partial charge in [-0.2, -0.15) is 0 Å². The molecule has 1 aliphatic rings. The van der Waals surface area contributed by atoms with Crippen molar-refractivity contribution in [3.8, 4) is 33.4 Å². The van der Waals surface area contributed by atoms with Gasteiger partial charge in [0.2, 0.25) is 0 Å². The van der Waals surface area contributed by atoms with Crippen LogP contribution in [0.25, 0.3) is 76.5 Å². The SMILES string of the molecule is CC1(c2ccccc2)c2ccccc2-c2cc3ccc(-c4cccc(-c5c6ccccc6cc6c5ccc5ccccc56)c4)cc3cc21. The Kier molecular flexibility index (Phi) is 5.81. The van der Waals surface area contributed by atoms with E-state index in [0.717, 1.165) is 0 Å². The second-order valence-corrected chi connectivity index (χ2v) is 13.4. The van der Waals surface area contributed by atoms with E-state index in [1.165, 1.54) is 93.2 Å². The molecule has 9 aromatic rings. The molecule has 1 unspecified atom stereocenters. The topological polar surface area (TPSA) is 0 Å². The Balaban J connectivity index is 1.16. The molecule has 0 heterocycles. The molecule has 224 valence electrons. The Morgan fingerprint density at radius 1 is 0.333 bits per heavy atom. The Hall–Kier alpha value is -5.98. The van der Waals surface area contributed by atoms with Gasteiger partial charge in [-0.05, 0) is 130 Å². The number of hydrogen-bond acceptors (Lipinski definition) is 0. The molecule has 0 saturated carbocycles. The minimum absolute atomic E-state index is 0.211. The highest BCUT2D eigenvalue weighted by atomic mass is 14.4. The lowest BCUT2D eigenvalue weighted by Crippen LogP contribution is -2.22. The van der Waals surface area contributed by atoms with E-state index in [1.54, 1.807) is 0 Å². The third-order valence-corrected chi connectivity index (χ3v) is 10.9. The molecule has 1 aliphatic carbocycles. The van der Waals surface area contributed by atoms with Crippen molar-refractivity contribution < 1.29 is 0 Å². The molecule has 0 aliphatic heterocycles. The monoisotopic (exact) mass is 608 g/mol. The predicted octanol–water partition coefficient (Wildman–Crippen LogP) is 13.0. The number of benzene rings is 9. The van der Waals surface area contributed by atoms with Crippen molar-refractivity contribution in [1.82, 2.24) is 0 Å². The lowest BCUT2D eigenvalue weighted by molar-refractivity contribution is 0.715. The zero-order chi connectivity index (χ0) is 31.8. The first kappa shape index (κ1) is 27.2. The van der Waals surface area contributed by atoms with Crippen LogP contribution in [0.15, 0.2) is 176 Å². The van der Waals surface area contributed by atoms with Gasteiger partial charge in [-0.3, -0.25) is 0 Å². The van der Waals surface area contributed by atoms with Gasteiger partial charge in [0, 0.05) is 5.41 Å². The summed E-state index contributed by atoms with van der Waals surface area (Å²) in [7, 11) is 0. The molecule has 0 amide bonds. The standard InChI is InChI=1S/C48H32/c1-48(38-16-3-2-4-17-38)45-21-10-9-20-41(45)44-28-34-23-22-33(27-37(34)30-46(44)48)32-14-11-15-36(26-32)47-40-19-8-6-13-35(40)29-43-39-18-7-5-12-31(39)24-25-42(43)47/h2-30H,1H3. The van der Waals surface area contributed by atoms with Gasteiger partial charge in [-0.15, -0.1) is 0 Å². The summed E-state index contributed by atoms with van der Waals surface area (Å²) in [5.41, 5.74) is 11.6. The number of rotatable bonds is 3. The Morgan fingerprint density at radius 2 is 1.04 bits per heavy atom. The molecule has 0 radical (unpaired) electrons. The summed E-state index contributed by atoms with van der Waals surface area (Å²) >= 11 is 0. The van der Waals surface area contributed by atoms with Crippen molar-refractivity contribution in [3.63, 3.8) is 0 Å². The van der Waals surface area contributed by atoms with Crippen LogP contribution >= 0.6 is 0 Å². The first-order valence-electron chi connectivity index (χ1n) is 16.8. The summed E-state index contributed by atoms with van der Waals surface area (Å²) in [5.74, 6) is 0. The Labute approximate surface area is 280 Å². The third kappa shape index (κ3) is 3.90. The lowest BCUT2D eigenvalue weighted by atomic mass is 9.74. The summed E-state index contributed by atoms with van der Waals surface area (Å²) in [6.45, 7) is 2.39. The maximum Gasteiger partial charge on any atom is 0.0435 e. The molecule has 1 atom stereocenters. The van der Waals surface area contributed by atoms with Gasteiger partial charge in [0.1, 0.15) is 0 Å². The summed E-state index contributed by atoms with van der Waals surface area (Å²) in [6, 6.07) is 65.4. The molecule has 0 fully saturated rings. The van der Waals surface area contributed by atoms with E-state index in [-0.39, 0.29) is 5.41 Å². The summed E-state index contributed by atoms with van der Waals surface area (Å²) in [5, 5.41) is 10.3. The van der Waals surface area contributed by atoms with Gasteiger partial charge >= 0.3 is 0 Å². The van der Waals surface area contributed by atoms with Crippen LogP contribution in [0, 0.1) is 0 Å². The fraction of sp³-hybridized carbons (Fsp3) is 0.0417. The molecule has 0 heteroatoms. The zero-order valence-corrected chi connectivity index (χ0v) is 26.7. The molecule has 10 rings (SSSR count). The highest BCUT2D eigenvalue weighted by Crippen LogP contribution is 2.53. The minimum atomic E-state index is -0.211. The molecule has 0 saturated heterocycles. The normalized spacial score (nSPS) is 15.3. The van der Waals surface area contributed by atoms with E-state index >= 15 is 0 Å². The molecule has 0 N–H and O–H groups in total. The fourth-order valence-electron chi connectivity index (χ4n) is 8.48. The highest BCUT2D eigenvalue weighted by molar-refractivity contribution is 6.20. The number of fused-ring (bicyclic) bond motifs is 8. The second-order valence-electron chi connectivity index (χ2n) is 13.4. The first-order valence-corrected chi connectivity index (χ1v) is 16.8. The van der Waals surface area contributed by atoms with Crippen LogP contribution in [0.3, 0.4) is 0 Å². The summed E-state index contributed by atoms with van der Waals surface area (Å²) in [4.78, 5) is 0. The Bertz CT molecular complexity index is 2730. The third-order valence-electron chi connectivity index (χ3n) is 10.9. The summed E-state index contributed by atoms with van der Waals surface area (Å²) in [6.07, 6.45) is 0. The molecule has 0 spiro atoms. The maximum atomic E-state index is 2.45. The molecule has 48 heavy (non-hydrogen) atoms. The van der Waals surface area contributed by atoms with Gasteiger partial charge < -0.3 is 0 Å². The van der Waals surface area contributed by atoms with E-state index in [1.807, 2.05) is 0 Å². The van der Waals surface area contributed by atoms with Crippen molar-refractivity contribution in [1.29, 1.82) is 0 Å². The molecule has 0 bridgehead atoms. The number of hydrogen-bond donors (Lipinski definition) is 0. The quantitative estimate of drug-likeness (QED) is 0.138. The molecule has 0 nitrogen and oxygen atoms in total. The van der Waals surface area contributed by atoms with Crippen LogP contribution in [-0.2, 0) is 5.41 Å². The van der Waals surface area contributed by atoms with Crippen LogP contribution in [0.1, 0.15) is 23.6 Å². The van der Waals surface area contributed by atoms with Crippen molar-refractivity contribution in [2.45, 2.75) is 12.3 Å². The van der Waals surface area contributed by atoms with Crippen molar-refractivity contribution >= 4 is 43.1 Å². The molecular formula is C48H32. The van der Waals surface area contributed by atoms with Gasteiger partial charge in [0.25, 0.3) is 0 Å². The zero-order valence-electron chi connectivity index (χ0n) is 26.7. The van der Waals surface area contributed by atoms with Crippen LogP contribution < -0.4 is 0 Å². The largest absolute Gasteiger partial charge is 0.0622 e. The highest BCUT2D eigenvalue weighted by Gasteiger charge is 2.40. The van der Waals surface area contributed by atoms with E-state index in [2.05, 4.69) is 183 Å². The van der Waals surface area contributed by atoms with Crippen LogP contribution in [-0.4, -0.2) is 0 Å². The van der Waals surface area contributed by atoms with Crippen LogP contribution in [0.5, 0.6) is 0 Å². The first-order chi connectivity index (χ1) is 23.7. The maximum absolute atomic E-state index is 2.45. The van der Waals surface area contributed by atoms with Crippen LogP contribution in [0.2, 0.25) is 0 Å². The summed E-state index contributed by atoms with van der Waals surface area (Å²) < 4.78 is 0. The van der Waals surface area contributed by atoms with Gasteiger partial charge in [0.15, 0.2) is 0 Å². The van der Waals surface area contributed by atoms with Gasteiger partial charge in [0.05, 0.1) is 0 Å². The van der Waals surface area contributed by atoms with Crippen molar-refractivity contribution in [2.24, 2.45) is 0 Å². The molecule has 0 aromatic heterocycles. The second kappa shape index (κ2) is 10.3. The molecular weight excluding hydrogens is 577 g/mol. The smallest absolute Gasteiger partial charge is 0.0435 e. The van der Waals surface area contributed by atoms with Crippen molar-refractivity contribution in [3.05, 3.63) is 193 Å². The van der Waals surface area contributed by atoms with E-state index < -0.39 is 0 Å². The van der Waals surface area contributed by atoms with E-state index in [4.69, 9.17) is 0 Å². The average molecular weight is 609 g/mol.